The average molecular weight is 339 g/mol. The number of aliphatic hydroxyl groups is 1. The molecule has 2 rings (SSSR count). The first-order valence-electron chi connectivity index (χ1n) is 6.79. The smallest absolute Gasteiger partial charge is 0.0926 e. The molecule has 0 heterocycles. The van der Waals surface area contributed by atoms with Gasteiger partial charge in [0.05, 0.1) is 17.9 Å². The van der Waals surface area contributed by atoms with E-state index in [0.29, 0.717) is 12.1 Å². The van der Waals surface area contributed by atoms with Crippen molar-refractivity contribution in [3.8, 4) is 0 Å². The van der Waals surface area contributed by atoms with Crippen molar-refractivity contribution in [1.29, 1.82) is 0 Å². The van der Waals surface area contributed by atoms with Crippen LogP contribution in [-0.4, -0.2) is 25.6 Å². The molecule has 4 nitrogen and oxygen atoms in total. The van der Waals surface area contributed by atoms with Gasteiger partial charge in [-0.25, -0.2) is 0 Å². The average Bonchev–Trinajstić information content (AvgIpc) is 2.54. The van der Waals surface area contributed by atoms with Gasteiger partial charge in [0.1, 0.15) is 0 Å². The van der Waals surface area contributed by atoms with Crippen LogP contribution < -0.4 is 4.90 Å². The molecule has 0 saturated heterocycles. The second-order valence-electron chi connectivity index (χ2n) is 4.88. The molecule has 0 amide bonds. The molecule has 0 radical (unpaired) electrons. The lowest BCUT2D eigenvalue weighted by atomic mass is 10.1. The molecule has 0 saturated carbocycles. The molecule has 0 aliphatic carbocycles. The SMILES string of the molecule is O=S([O-])CN(Cc1ccccc1)c1cccc(C(O)CCl)c1. The van der Waals surface area contributed by atoms with Crippen LogP contribution in [0.1, 0.15) is 17.2 Å². The van der Waals surface area contributed by atoms with Crippen LogP contribution in [-0.2, 0) is 17.6 Å². The Balaban J connectivity index is 2.27. The van der Waals surface area contributed by atoms with Crippen molar-refractivity contribution in [3.63, 3.8) is 0 Å². The van der Waals surface area contributed by atoms with Crippen molar-refractivity contribution in [2.45, 2.75) is 12.6 Å². The zero-order chi connectivity index (χ0) is 15.9. The second-order valence-corrected chi connectivity index (χ2v) is 6.06. The maximum Gasteiger partial charge on any atom is 0.0926 e. The molecule has 0 bridgehead atoms. The fourth-order valence-electron chi connectivity index (χ4n) is 2.16. The summed E-state index contributed by atoms with van der Waals surface area (Å²) >= 11 is 3.47. The van der Waals surface area contributed by atoms with E-state index in [-0.39, 0.29) is 11.8 Å². The first kappa shape index (κ1) is 17.0. The third kappa shape index (κ3) is 4.81. The van der Waals surface area contributed by atoms with E-state index >= 15 is 0 Å². The molecular weight excluding hydrogens is 322 g/mol. The highest BCUT2D eigenvalue weighted by molar-refractivity contribution is 7.79. The van der Waals surface area contributed by atoms with Gasteiger partial charge in [-0.05, 0) is 34.3 Å². The Bertz CT molecular complexity index is 624. The molecule has 22 heavy (non-hydrogen) atoms. The van der Waals surface area contributed by atoms with Crippen molar-refractivity contribution in [1.82, 2.24) is 0 Å². The standard InChI is InChI=1S/C16H18ClNO3S/c17-10-16(19)14-7-4-8-15(9-14)18(12-22(20)21)11-13-5-2-1-3-6-13/h1-9,16,19H,10-12H2,(H,20,21)/p-1. The first-order valence-corrected chi connectivity index (χ1v) is 8.56. The summed E-state index contributed by atoms with van der Waals surface area (Å²) in [6.45, 7) is 0.468. The van der Waals surface area contributed by atoms with Gasteiger partial charge in [-0.2, -0.15) is 0 Å². The largest absolute Gasteiger partial charge is 0.771 e. The quantitative estimate of drug-likeness (QED) is 0.623. The minimum atomic E-state index is -2.20. The number of benzene rings is 2. The molecular formula is C16H17ClNO3S-. The Kier molecular flexibility index (Phi) is 6.39. The molecule has 6 heteroatoms. The monoisotopic (exact) mass is 338 g/mol. The maximum absolute atomic E-state index is 11.1. The topological polar surface area (TPSA) is 63.6 Å². The molecule has 2 atom stereocenters. The van der Waals surface area contributed by atoms with E-state index in [4.69, 9.17) is 11.6 Å². The van der Waals surface area contributed by atoms with E-state index in [1.54, 1.807) is 23.1 Å². The van der Waals surface area contributed by atoms with Crippen LogP contribution in [0.4, 0.5) is 5.69 Å². The second kappa shape index (κ2) is 8.29. The van der Waals surface area contributed by atoms with Crippen LogP contribution >= 0.6 is 11.6 Å². The van der Waals surface area contributed by atoms with Gasteiger partial charge in [0.2, 0.25) is 0 Å². The normalized spacial score (nSPS) is 13.6. The van der Waals surface area contributed by atoms with Crippen molar-refractivity contribution in [3.05, 3.63) is 65.7 Å². The number of hydrogen-bond acceptors (Lipinski definition) is 4. The van der Waals surface area contributed by atoms with Gasteiger partial charge < -0.3 is 14.6 Å². The molecule has 1 N–H and O–H groups in total. The molecule has 118 valence electrons. The van der Waals surface area contributed by atoms with E-state index in [2.05, 4.69) is 0 Å². The van der Waals surface area contributed by atoms with Gasteiger partial charge in [0, 0.05) is 12.2 Å². The van der Waals surface area contributed by atoms with Gasteiger partial charge in [-0.3, -0.25) is 4.21 Å². The molecule has 2 aromatic carbocycles. The van der Waals surface area contributed by atoms with Crippen molar-refractivity contribution < 1.29 is 13.9 Å². The highest BCUT2D eigenvalue weighted by Crippen LogP contribution is 2.23. The summed E-state index contributed by atoms with van der Waals surface area (Å²) in [4.78, 5) is 1.74. The molecule has 0 spiro atoms. The first-order chi connectivity index (χ1) is 10.6. The summed E-state index contributed by atoms with van der Waals surface area (Å²) < 4.78 is 22.3. The van der Waals surface area contributed by atoms with Gasteiger partial charge in [-0.1, -0.05) is 42.5 Å². The predicted molar refractivity (Wildman–Crippen MR) is 88.5 cm³/mol. The summed E-state index contributed by atoms with van der Waals surface area (Å²) in [6, 6.07) is 16.8. The summed E-state index contributed by atoms with van der Waals surface area (Å²) in [5.41, 5.74) is 2.41. The number of hydrogen-bond donors (Lipinski definition) is 1. The minimum Gasteiger partial charge on any atom is -0.771 e. The molecule has 0 aromatic heterocycles. The Morgan fingerprint density at radius 1 is 1.18 bits per heavy atom. The van der Waals surface area contributed by atoms with Crippen LogP contribution in [0, 0.1) is 0 Å². The van der Waals surface area contributed by atoms with Crippen LogP contribution in [0.25, 0.3) is 0 Å². The number of rotatable bonds is 7. The maximum atomic E-state index is 11.1. The minimum absolute atomic E-state index is 0.0929. The third-order valence-corrected chi connectivity index (χ3v) is 4.06. The Labute approximate surface area is 137 Å². The predicted octanol–water partition coefficient (Wildman–Crippen LogP) is 2.80. The molecule has 2 unspecified atom stereocenters. The van der Waals surface area contributed by atoms with Crippen LogP contribution in [0.2, 0.25) is 0 Å². The van der Waals surface area contributed by atoms with E-state index < -0.39 is 17.2 Å². The fraction of sp³-hybridized carbons (Fsp3) is 0.250. The van der Waals surface area contributed by atoms with Crippen molar-refractivity contribution >= 4 is 28.4 Å². The van der Waals surface area contributed by atoms with Crippen LogP contribution in [0.5, 0.6) is 0 Å². The number of aliphatic hydroxyl groups excluding tert-OH is 1. The molecule has 0 fully saturated rings. The fourth-order valence-corrected chi connectivity index (χ4v) is 2.83. The Hall–Kier alpha value is -1.40. The van der Waals surface area contributed by atoms with Crippen molar-refractivity contribution in [2.75, 3.05) is 16.7 Å². The molecule has 2 aromatic rings. The van der Waals surface area contributed by atoms with Crippen LogP contribution in [0.15, 0.2) is 54.6 Å². The van der Waals surface area contributed by atoms with E-state index in [9.17, 15) is 13.9 Å². The Morgan fingerprint density at radius 3 is 2.55 bits per heavy atom. The number of halogens is 1. The van der Waals surface area contributed by atoms with E-state index in [1.165, 1.54) is 0 Å². The van der Waals surface area contributed by atoms with E-state index in [0.717, 1.165) is 11.3 Å². The lowest BCUT2D eigenvalue weighted by Gasteiger charge is -2.26. The zero-order valence-corrected chi connectivity index (χ0v) is 13.5. The summed E-state index contributed by atoms with van der Waals surface area (Å²) in [5, 5.41) is 9.83. The zero-order valence-electron chi connectivity index (χ0n) is 11.9. The summed E-state index contributed by atoms with van der Waals surface area (Å²) in [7, 11) is 0. The summed E-state index contributed by atoms with van der Waals surface area (Å²) in [5.74, 6) is -0.0229. The van der Waals surface area contributed by atoms with Crippen LogP contribution in [0.3, 0.4) is 0 Å². The number of nitrogens with zero attached hydrogens (tertiary/aromatic N) is 1. The van der Waals surface area contributed by atoms with Gasteiger partial charge in [0.25, 0.3) is 0 Å². The lowest BCUT2D eigenvalue weighted by molar-refractivity contribution is 0.202. The third-order valence-electron chi connectivity index (χ3n) is 3.24. The van der Waals surface area contributed by atoms with Crippen molar-refractivity contribution in [2.24, 2.45) is 0 Å². The van der Waals surface area contributed by atoms with Gasteiger partial charge in [-0.15, -0.1) is 11.6 Å². The Morgan fingerprint density at radius 2 is 1.91 bits per heavy atom. The number of alkyl halides is 1. The van der Waals surface area contributed by atoms with E-state index in [1.807, 2.05) is 36.4 Å². The molecule has 0 aliphatic rings. The highest BCUT2D eigenvalue weighted by atomic mass is 35.5. The number of anilines is 1. The lowest BCUT2D eigenvalue weighted by Crippen LogP contribution is -2.26. The van der Waals surface area contributed by atoms with Gasteiger partial charge >= 0.3 is 0 Å². The highest BCUT2D eigenvalue weighted by Gasteiger charge is 2.11. The summed E-state index contributed by atoms with van der Waals surface area (Å²) in [6.07, 6.45) is -0.766. The molecule has 0 aliphatic heterocycles. The van der Waals surface area contributed by atoms with Gasteiger partial charge in [0.15, 0.2) is 0 Å².